The first-order valence-corrected chi connectivity index (χ1v) is 7.58. The monoisotopic (exact) mass is 340 g/mol. The van der Waals surface area contributed by atoms with Gasteiger partial charge in [-0.15, -0.1) is 0 Å². The van der Waals surface area contributed by atoms with Crippen LogP contribution in [-0.2, 0) is 5.33 Å². The Balaban J connectivity index is 2.15. The molecule has 102 valence electrons. The van der Waals surface area contributed by atoms with Crippen molar-refractivity contribution < 1.29 is 4.79 Å². The molecule has 1 aliphatic heterocycles. The van der Waals surface area contributed by atoms with E-state index in [4.69, 9.17) is 0 Å². The van der Waals surface area contributed by atoms with Crippen LogP contribution in [0.25, 0.3) is 16.6 Å². The lowest BCUT2D eigenvalue weighted by Crippen LogP contribution is -2.21. The number of aromatic nitrogens is 2. The van der Waals surface area contributed by atoms with Gasteiger partial charge >= 0.3 is 0 Å². The minimum atomic E-state index is -0.200. The molecule has 0 N–H and O–H groups in total. The second-order valence-corrected chi connectivity index (χ2v) is 5.47. The third-order valence-electron chi connectivity index (χ3n) is 3.68. The van der Waals surface area contributed by atoms with Crippen LogP contribution in [0.4, 0.5) is 0 Å². The number of benzene rings is 2. The van der Waals surface area contributed by atoms with Gasteiger partial charge in [-0.3, -0.25) is 14.2 Å². The number of rotatable bonds is 1. The van der Waals surface area contributed by atoms with Crippen LogP contribution >= 0.6 is 15.9 Å². The largest absolute Gasteiger partial charge is 0.285 e. The molecular formula is C16H9BrN2O2. The number of carbonyl (C=O) groups excluding carboxylic acids is 1. The second kappa shape index (κ2) is 4.36. The maximum Gasteiger partial charge on any atom is 0.266 e. The van der Waals surface area contributed by atoms with Gasteiger partial charge < -0.3 is 0 Å². The fourth-order valence-electron chi connectivity index (χ4n) is 2.67. The quantitative estimate of drug-likeness (QED) is 0.500. The topological polar surface area (TPSA) is 52.0 Å². The van der Waals surface area contributed by atoms with Crippen LogP contribution in [-0.4, -0.2) is 15.3 Å². The van der Waals surface area contributed by atoms with Crippen molar-refractivity contribution in [2.75, 3.05) is 0 Å². The molecule has 0 saturated carbocycles. The molecule has 1 aromatic heterocycles. The number of carbonyl (C=O) groups is 1. The summed E-state index contributed by atoms with van der Waals surface area (Å²) >= 11 is 3.38. The number of hydrogen-bond donors (Lipinski definition) is 0. The van der Waals surface area contributed by atoms with Gasteiger partial charge in [0.25, 0.3) is 5.56 Å². The van der Waals surface area contributed by atoms with Gasteiger partial charge in [-0.05, 0) is 29.8 Å². The minimum Gasteiger partial charge on any atom is -0.285 e. The number of fused-ring (bicyclic) bond motifs is 4. The van der Waals surface area contributed by atoms with E-state index in [1.54, 1.807) is 24.3 Å². The van der Waals surface area contributed by atoms with Crippen LogP contribution in [0.2, 0.25) is 0 Å². The number of alkyl halides is 1. The van der Waals surface area contributed by atoms with E-state index in [1.165, 1.54) is 4.57 Å². The number of para-hydroxylation sites is 1. The summed E-state index contributed by atoms with van der Waals surface area (Å²) in [6, 6.07) is 12.6. The summed E-state index contributed by atoms with van der Waals surface area (Å²) < 4.78 is 1.41. The van der Waals surface area contributed by atoms with E-state index in [0.717, 1.165) is 5.56 Å². The lowest BCUT2D eigenvalue weighted by Gasteiger charge is -2.06. The van der Waals surface area contributed by atoms with Gasteiger partial charge in [-0.2, -0.15) is 0 Å². The lowest BCUT2D eigenvalue weighted by atomic mass is 10.1. The molecule has 0 radical (unpaired) electrons. The highest BCUT2D eigenvalue weighted by Gasteiger charge is 2.29. The second-order valence-electron chi connectivity index (χ2n) is 4.91. The summed E-state index contributed by atoms with van der Waals surface area (Å²) in [5.74, 6) is -0.00513. The van der Waals surface area contributed by atoms with Crippen LogP contribution in [0.15, 0.2) is 47.3 Å². The van der Waals surface area contributed by atoms with Crippen molar-refractivity contribution in [3.8, 4) is 5.69 Å². The number of ketones is 1. The Morgan fingerprint density at radius 1 is 1.10 bits per heavy atom. The zero-order valence-electron chi connectivity index (χ0n) is 10.8. The fourth-order valence-corrected chi connectivity index (χ4v) is 3.02. The van der Waals surface area contributed by atoms with Crippen molar-refractivity contribution in [3.63, 3.8) is 0 Å². The molecule has 0 aliphatic carbocycles. The molecule has 2 heterocycles. The van der Waals surface area contributed by atoms with E-state index in [1.807, 2.05) is 18.2 Å². The Bertz CT molecular complexity index is 976. The Morgan fingerprint density at radius 3 is 2.71 bits per heavy atom. The Morgan fingerprint density at radius 2 is 1.90 bits per heavy atom. The third-order valence-corrected chi connectivity index (χ3v) is 4.33. The molecule has 0 amide bonds. The van der Waals surface area contributed by atoms with Crippen molar-refractivity contribution in [3.05, 3.63) is 69.8 Å². The highest BCUT2D eigenvalue weighted by molar-refractivity contribution is 9.08. The minimum absolute atomic E-state index is 0.195. The molecular weight excluding hydrogens is 332 g/mol. The van der Waals surface area contributed by atoms with Gasteiger partial charge in [0.1, 0.15) is 0 Å². The van der Waals surface area contributed by atoms with Gasteiger partial charge in [0.15, 0.2) is 5.82 Å². The first-order chi connectivity index (χ1) is 10.2. The molecule has 0 unspecified atom stereocenters. The van der Waals surface area contributed by atoms with Gasteiger partial charge in [-0.1, -0.05) is 34.1 Å². The van der Waals surface area contributed by atoms with Gasteiger partial charge in [0, 0.05) is 5.33 Å². The summed E-state index contributed by atoms with van der Waals surface area (Å²) in [7, 11) is 0. The van der Waals surface area contributed by atoms with Gasteiger partial charge in [-0.25, -0.2) is 4.98 Å². The maximum atomic E-state index is 12.8. The summed E-state index contributed by atoms with van der Waals surface area (Å²) in [5, 5.41) is 1.19. The van der Waals surface area contributed by atoms with Crippen molar-refractivity contribution in [1.29, 1.82) is 0 Å². The molecule has 2 aromatic carbocycles. The van der Waals surface area contributed by atoms with Crippen LogP contribution in [0.1, 0.15) is 21.7 Å². The first kappa shape index (κ1) is 12.5. The average Bonchev–Trinajstić information content (AvgIpc) is 2.81. The molecule has 0 fully saturated rings. The summed E-state index contributed by atoms with van der Waals surface area (Å²) in [4.78, 5) is 29.5. The fraction of sp³-hybridized carbons (Fsp3) is 0.0625. The summed E-state index contributed by atoms with van der Waals surface area (Å²) in [6.07, 6.45) is 0. The highest BCUT2D eigenvalue weighted by atomic mass is 79.9. The van der Waals surface area contributed by atoms with Crippen molar-refractivity contribution in [1.82, 2.24) is 9.55 Å². The molecule has 1 aliphatic rings. The Labute approximate surface area is 128 Å². The van der Waals surface area contributed by atoms with E-state index in [-0.39, 0.29) is 17.2 Å². The van der Waals surface area contributed by atoms with E-state index in [9.17, 15) is 9.59 Å². The summed E-state index contributed by atoms with van der Waals surface area (Å²) in [6.45, 7) is 0. The molecule has 0 bridgehead atoms. The predicted octanol–water partition coefficient (Wildman–Crippen LogP) is 2.83. The van der Waals surface area contributed by atoms with E-state index in [2.05, 4.69) is 20.9 Å². The van der Waals surface area contributed by atoms with E-state index in [0.29, 0.717) is 27.5 Å². The smallest absolute Gasteiger partial charge is 0.266 e. The average molecular weight is 341 g/mol. The standard InChI is InChI=1S/C16H9BrN2O2/c17-8-9-5-6-12-11(7-9)16(21)19-13-4-2-1-3-10(13)14(20)15(19)18-12/h1-7H,8H2. The molecule has 0 saturated heterocycles. The van der Waals surface area contributed by atoms with E-state index < -0.39 is 0 Å². The van der Waals surface area contributed by atoms with Crippen LogP contribution in [0.5, 0.6) is 0 Å². The van der Waals surface area contributed by atoms with Gasteiger partial charge in [0.05, 0.1) is 22.2 Å². The van der Waals surface area contributed by atoms with Crippen molar-refractivity contribution in [2.45, 2.75) is 5.33 Å². The normalized spacial score (nSPS) is 12.5. The Hall–Kier alpha value is -2.27. The van der Waals surface area contributed by atoms with Crippen LogP contribution < -0.4 is 5.56 Å². The van der Waals surface area contributed by atoms with Gasteiger partial charge in [0.2, 0.25) is 5.78 Å². The number of nitrogens with zero attached hydrogens (tertiary/aromatic N) is 2. The number of halogens is 1. The molecule has 0 atom stereocenters. The SMILES string of the molecule is O=C1c2ccccc2-n2c1nc1ccc(CBr)cc1c2=O. The molecule has 3 aromatic rings. The molecule has 5 heteroatoms. The van der Waals surface area contributed by atoms with E-state index >= 15 is 0 Å². The Kier molecular flexibility index (Phi) is 2.59. The third kappa shape index (κ3) is 1.64. The van der Waals surface area contributed by atoms with Crippen LogP contribution in [0.3, 0.4) is 0 Å². The highest BCUT2D eigenvalue weighted by Crippen LogP contribution is 2.26. The zero-order chi connectivity index (χ0) is 14.6. The summed E-state index contributed by atoms with van der Waals surface area (Å²) in [5.41, 5.74) is 2.49. The van der Waals surface area contributed by atoms with Crippen molar-refractivity contribution in [2.24, 2.45) is 0 Å². The molecule has 4 rings (SSSR count). The molecule has 4 nitrogen and oxygen atoms in total. The molecule has 21 heavy (non-hydrogen) atoms. The maximum absolute atomic E-state index is 12.8. The predicted molar refractivity (Wildman–Crippen MR) is 83.4 cm³/mol. The lowest BCUT2D eigenvalue weighted by molar-refractivity contribution is 0.103. The van der Waals surface area contributed by atoms with Crippen molar-refractivity contribution >= 4 is 32.6 Å². The zero-order valence-corrected chi connectivity index (χ0v) is 12.4. The van der Waals surface area contributed by atoms with Crippen LogP contribution in [0, 0.1) is 0 Å². The molecule has 0 spiro atoms. The first-order valence-electron chi connectivity index (χ1n) is 6.46. The number of hydrogen-bond acceptors (Lipinski definition) is 3.